The van der Waals surface area contributed by atoms with Gasteiger partial charge in [-0.15, -0.1) is 0 Å². The van der Waals surface area contributed by atoms with Crippen molar-refractivity contribution in [3.05, 3.63) is 53.2 Å². The lowest BCUT2D eigenvalue weighted by Gasteiger charge is -2.32. The van der Waals surface area contributed by atoms with Gasteiger partial charge in [0.25, 0.3) is 5.91 Å². The Morgan fingerprint density at radius 3 is 2.45 bits per heavy atom. The van der Waals surface area contributed by atoms with Crippen molar-refractivity contribution in [3.8, 4) is 0 Å². The molecule has 11 heteroatoms. The van der Waals surface area contributed by atoms with Crippen molar-refractivity contribution in [1.82, 2.24) is 15.2 Å². The van der Waals surface area contributed by atoms with Gasteiger partial charge in [0.1, 0.15) is 11.7 Å². The summed E-state index contributed by atoms with van der Waals surface area (Å²) in [5, 5.41) is 14.3. The average molecular weight is 548 g/mol. The Labute approximate surface area is 234 Å². The number of carbonyl (C=O) groups excluding carboxylic acids is 2. The number of carboxylic acid groups (broad SMARTS) is 1. The van der Waals surface area contributed by atoms with Crippen LogP contribution in [0.3, 0.4) is 0 Å². The number of amides is 3. The van der Waals surface area contributed by atoms with Gasteiger partial charge in [0.15, 0.2) is 0 Å². The highest BCUT2D eigenvalue weighted by molar-refractivity contribution is 6.07. The van der Waals surface area contributed by atoms with Gasteiger partial charge in [-0.3, -0.25) is 9.59 Å². The topological polar surface area (TPSA) is 153 Å². The van der Waals surface area contributed by atoms with Crippen LogP contribution in [0.15, 0.2) is 47.1 Å². The second-order valence-corrected chi connectivity index (χ2v) is 10.1. The van der Waals surface area contributed by atoms with Gasteiger partial charge in [-0.1, -0.05) is 19.9 Å². The number of nitrogens with one attached hydrogen (secondary N) is 2. The third-order valence-corrected chi connectivity index (χ3v) is 6.96. The molecular weight excluding hydrogens is 510 g/mol. The first kappa shape index (κ1) is 28.6. The van der Waals surface area contributed by atoms with Gasteiger partial charge in [0.05, 0.1) is 17.6 Å². The summed E-state index contributed by atoms with van der Waals surface area (Å²) in [4.78, 5) is 50.0. The maximum atomic E-state index is 13.2. The molecule has 0 aliphatic carbocycles. The summed E-state index contributed by atoms with van der Waals surface area (Å²) in [7, 11) is 0. The maximum Gasteiger partial charge on any atom is 0.404 e. The van der Waals surface area contributed by atoms with Crippen molar-refractivity contribution in [3.63, 3.8) is 0 Å². The number of piperidine rings is 1. The summed E-state index contributed by atoms with van der Waals surface area (Å²) in [5.74, 6) is 0.753. The van der Waals surface area contributed by atoms with Crippen LogP contribution in [-0.2, 0) is 4.79 Å². The van der Waals surface area contributed by atoms with Gasteiger partial charge in [-0.05, 0) is 56.0 Å². The number of aromatic nitrogens is 1. The maximum absolute atomic E-state index is 13.2. The summed E-state index contributed by atoms with van der Waals surface area (Å²) in [6, 6.07) is 8.75. The first-order valence-corrected chi connectivity index (χ1v) is 13.8. The molecule has 0 bridgehead atoms. The van der Waals surface area contributed by atoms with Crippen molar-refractivity contribution in [2.24, 2.45) is 10.7 Å². The fourth-order valence-corrected chi connectivity index (χ4v) is 5.00. The van der Waals surface area contributed by atoms with E-state index in [-0.39, 0.29) is 24.3 Å². The highest BCUT2D eigenvalue weighted by Gasteiger charge is 2.23. The normalized spacial score (nSPS) is 15.3. The number of fused-ring (bicyclic) bond motifs is 1. The van der Waals surface area contributed by atoms with E-state index in [0.717, 1.165) is 24.2 Å². The summed E-state index contributed by atoms with van der Waals surface area (Å²) < 4.78 is 0. The Morgan fingerprint density at radius 2 is 1.82 bits per heavy atom. The molecule has 5 N–H and O–H groups in total. The number of benzene rings is 1. The monoisotopic (exact) mass is 547 g/mol. The molecule has 0 saturated carbocycles. The second kappa shape index (κ2) is 13.1. The molecule has 1 saturated heterocycles. The molecule has 0 atom stereocenters. The minimum atomic E-state index is -1.00. The van der Waals surface area contributed by atoms with E-state index >= 15 is 0 Å². The van der Waals surface area contributed by atoms with E-state index in [4.69, 9.17) is 10.8 Å². The fourth-order valence-electron chi connectivity index (χ4n) is 5.00. The third-order valence-electron chi connectivity index (χ3n) is 6.96. The molecule has 40 heavy (non-hydrogen) atoms. The number of pyridine rings is 1. The predicted octanol–water partition coefficient (Wildman–Crippen LogP) is 3.99. The molecule has 0 spiro atoms. The van der Waals surface area contributed by atoms with E-state index in [2.05, 4.69) is 25.5 Å². The lowest BCUT2D eigenvalue weighted by Crippen LogP contribution is -2.44. The molecule has 2 aromatic rings. The molecule has 2 aliphatic rings. The molecule has 3 amide bonds. The number of hydrogen-bond acceptors (Lipinski definition) is 7. The van der Waals surface area contributed by atoms with Crippen LogP contribution >= 0.6 is 0 Å². The fraction of sp³-hybridized carbons (Fsp3) is 0.414. The van der Waals surface area contributed by atoms with Crippen molar-refractivity contribution in [2.45, 2.75) is 52.0 Å². The molecule has 1 aromatic heterocycles. The van der Waals surface area contributed by atoms with E-state index in [0.29, 0.717) is 67.4 Å². The highest BCUT2D eigenvalue weighted by atomic mass is 16.4. The van der Waals surface area contributed by atoms with Gasteiger partial charge >= 0.3 is 6.09 Å². The molecular formula is C29H37N7O4. The lowest BCUT2D eigenvalue weighted by molar-refractivity contribution is -0.127. The number of nitrogens with two attached hydrogens (primary N) is 1. The van der Waals surface area contributed by atoms with Crippen molar-refractivity contribution in [2.75, 3.05) is 36.4 Å². The first-order valence-electron chi connectivity index (χ1n) is 13.8. The zero-order valence-electron chi connectivity index (χ0n) is 23.0. The van der Waals surface area contributed by atoms with Crippen molar-refractivity contribution in [1.29, 1.82) is 0 Å². The highest BCUT2D eigenvalue weighted by Crippen LogP contribution is 2.29. The molecule has 4 rings (SSSR count). The van der Waals surface area contributed by atoms with Gasteiger partial charge in [-0.2, -0.15) is 0 Å². The van der Waals surface area contributed by atoms with Crippen molar-refractivity contribution >= 4 is 47.0 Å². The number of anilines is 2. The Morgan fingerprint density at radius 1 is 1.10 bits per heavy atom. The minimum Gasteiger partial charge on any atom is -0.465 e. The SMILES string of the molecule is CCCN(CCC)C(=O)C1=Cc2ccc(C(=O)Nc3ccc(N4CCC(NC(=O)O)CC4)nc3)cc2N=C(N)C1. The summed E-state index contributed by atoms with van der Waals surface area (Å²) in [6.07, 6.45) is 5.85. The number of carbonyl (C=O) groups is 3. The minimum absolute atomic E-state index is 0.0336. The molecule has 212 valence electrons. The van der Waals surface area contributed by atoms with Crippen LogP contribution in [0.4, 0.5) is 22.0 Å². The standard InChI is InChI=1S/C29H37N7O4/c1-3-11-36(12-4-2)28(38)21-15-19-5-6-20(16-24(19)34-25(30)17-21)27(37)32-23-7-8-26(31-18-23)35-13-9-22(10-14-35)33-29(39)40/h5-8,15-16,18,22,33H,3-4,9-14,17H2,1-2H3,(H2,30,34)(H,32,37)(H,39,40). The Kier molecular flexibility index (Phi) is 9.36. The van der Waals surface area contributed by atoms with Gasteiger partial charge in [0.2, 0.25) is 5.91 Å². The number of amidine groups is 1. The molecule has 0 unspecified atom stereocenters. The summed E-state index contributed by atoms with van der Waals surface area (Å²) in [6.45, 7) is 6.86. The van der Waals surface area contributed by atoms with Crippen LogP contribution in [0.2, 0.25) is 0 Å². The van der Waals surface area contributed by atoms with Gasteiger partial charge in [0, 0.05) is 55.3 Å². The van der Waals surface area contributed by atoms with Crippen LogP contribution < -0.4 is 21.3 Å². The van der Waals surface area contributed by atoms with Crippen LogP contribution in [-0.4, -0.2) is 71.0 Å². The number of hydrogen-bond donors (Lipinski definition) is 4. The predicted molar refractivity (Wildman–Crippen MR) is 156 cm³/mol. The lowest BCUT2D eigenvalue weighted by atomic mass is 10.0. The number of rotatable bonds is 9. The molecule has 0 radical (unpaired) electrons. The van der Waals surface area contributed by atoms with Crippen molar-refractivity contribution < 1.29 is 19.5 Å². The number of aliphatic imine (C=N–C) groups is 1. The van der Waals surface area contributed by atoms with Crippen LogP contribution in [0.25, 0.3) is 6.08 Å². The molecule has 11 nitrogen and oxygen atoms in total. The first-order chi connectivity index (χ1) is 19.3. The van der Waals surface area contributed by atoms with Crippen LogP contribution in [0.1, 0.15) is 61.9 Å². The Hall–Kier alpha value is -4.41. The van der Waals surface area contributed by atoms with E-state index in [1.54, 1.807) is 30.5 Å². The number of nitrogens with zero attached hydrogens (tertiary/aromatic N) is 4. The zero-order valence-corrected chi connectivity index (χ0v) is 23.0. The molecule has 3 heterocycles. The largest absolute Gasteiger partial charge is 0.465 e. The van der Waals surface area contributed by atoms with E-state index in [1.165, 1.54) is 0 Å². The van der Waals surface area contributed by atoms with E-state index < -0.39 is 6.09 Å². The molecule has 1 aromatic carbocycles. The summed E-state index contributed by atoms with van der Waals surface area (Å²) >= 11 is 0. The summed E-state index contributed by atoms with van der Waals surface area (Å²) in [5.41, 5.74) is 9.01. The molecule has 1 fully saturated rings. The van der Waals surface area contributed by atoms with Crippen LogP contribution in [0.5, 0.6) is 0 Å². The van der Waals surface area contributed by atoms with E-state index in [9.17, 15) is 14.4 Å². The third kappa shape index (κ3) is 7.16. The van der Waals surface area contributed by atoms with E-state index in [1.807, 2.05) is 30.9 Å². The van der Waals surface area contributed by atoms with Gasteiger partial charge < -0.3 is 31.3 Å². The van der Waals surface area contributed by atoms with Gasteiger partial charge in [-0.25, -0.2) is 14.8 Å². The zero-order chi connectivity index (χ0) is 28.6. The Bertz CT molecular complexity index is 1290. The smallest absolute Gasteiger partial charge is 0.404 e. The quantitative estimate of drug-likeness (QED) is 0.370. The Balaban J connectivity index is 1.43. The molecule has 2 aliphatic heterocycles. The van der Waals surface area contributed by atoms with Crippen LogP contribution in [0, 0.1) is 0 Å². The second-order valence-electron chi connectivity index (χ2n) is 10.1. The average Bonchev–Trinajstić information content (AvgIpc) is 3.10.